The van der Waals surface area contributed by atoms with Crippen LogP contribution in [0.1, 0.15) is 44.6 Å². The van der Waals surface area contributed by atoms with Crippen molar-refractivity contribution >= 4 is 11.6 Å². The van der Waals surface area contributed by atoms with Gasteiger partial charge in [0.25, 0.3) is 0 Å². The zero-order chi connectivity index (χ0) is 17.8. The Labute approximate surface area is 150 Å². The summed E-state index contributed by atoms with van der Waals surface area (Å²) in [4.78, 5) is 16.8. The Morgan fingerprint density at radius 2 is 2.12 bits per heavy atom. The number of anilines is 1. The maximum absolute atomic E-state index is 12.7. The summed E-state index contributed by atoms with van der Waals surface area (Å²) >= 11 is 0. The minimum absolute atomic E-state index is 0.218. The van der Waals surface area contributed by atoms with E-state index in [4.69, 9.17) is 4.74 Å². The molecule has 0 spiro atoms. The van der Waals surface area contributed by atoms with Crippen molar-refractivity contribution in [3.63, 3.8) is 0 Å². The van der Waals surface area contributed by atoms with Crippen molar-refractivity contribution in [3.8, 4) is 5.75 Å². The largest absolute Gasteiger partial charge is 0.497 e. The molecule has 2 aliphatic rings. The highest BCUT2D eigenvalue weighted by Crippen LogP contribution is 2.33. The minimum Gasteiger partial charge on any atom is -0.497 e. The lowest BCUT2D eigenvalue weighted by molar-refractivity contribution is -0.132. The number of ether oxygens (including phenoxy) is 1. The molecule has 25 heavy (non-hydrogen) atoms. The van der Waals surface area contributed by atoms with Gasteiger partial charge in [-0.05, 0) is 48.9 Å². The van der Waals surface area contributed by atoms with Gasteiger partial charge in [-0.15, -0.1) is 0 Å². The number of rotatable bonds is 7. The van der Waals surface area contributed by atoms with Crippen LogP contribution in [0.4, 0.5) is 5.69 Å². The summed E-state index contributed by atoms with van der Waals surface area (Å²) in [5.41, 5.74) is 2.22. The molecule has 0 bridgehead atoms. The second-order valence-electron chi connectivity index (χ2n) is 7.35. The number of nitrogens with zero attached hydrogens (tertiary/aromatic N) is 2. The normalized spacial score (nSPS) is 19.2. The molecule has 0 aromatic heterocycles. The van der Waals surface area contributed by atoms with E-state index in [1.165, 1.54) is 12.8 Å². The summed E-state index contributed by atoms with van der Waals surface area (Å²) in [7, 11) is 1.67. The summed E-state index contributed by atoms with van der Waals surface area (Å²) < 4.78 is 5.39. The molecule has 1 fully saturated rings. The van der Waals surface area contributed by atoms with Gasteiger partial charge in [0.2, 0.25) is 5.91 Å². The van der Waals surface area contributed by atoms with Crippen LogP contribution in [0.2, 0.25) is 0 Å². The number of methoxy groups -OCH3 is 1. The second kappa shape index (κ2) is 8.09. The number of aliphatic hydroxyl groups excluding tert-OH is 1. The molecule has 1 unspecified atom stereocenters. The molecule has 3 rings (SSSR count). The van der Waals surface area contributed by atoms with Crippen LogP contribution in [0.5, 0.6) is 5.75 Å². The lowest BCUT2D eigenvalue weighted by atomic mass is 10.1. The smallest absolute Gasteiger partial charge is 0.224 e. The number of benzene rings is 1. The maximum atomic E-state index is 12.7. The average molecular weight is 346 g/mol. The lowest BCUT2D eigenvalue weighted by Crippen LogP contribution is -2.41. The monoisotopic (exact) mass is 346 g/mol. The Hall–Kier alpha value is -1.75. The molecule has 1 aliphatic heterocycles. The molecule has 1 aromatic rings. The molecule has 1 N–H and O–H groups in total. The third kappa shape index (κ3) is 4.66. The van der Waals surface area contributed by atoms with Crippen LogP contribution in [-0.2, 0) is 11.3 Å². The lowest BCUT2D eigenvalue weighted by Gasteiger charge is -2.34. The molecule has 1 saturated carbocycles. The van der Waals surface area contributed by atoms with Crippen LogP contribution in [0.15, 0.2) is 18.2 Å². The van der Waals surface area contributed by atoms with E-state index >= 15 is 0 Å². The fourth-order valence-corrected chi connectivity index (χ4v) is 3.57. The molecule has 5 heteroatoms. The van der Waals surface area contributed by atoms with Crippen LogP contribution >= 0.6 is 0 Å². The van der Waals surface area contributed by atoms with Crippen molar-refractivity contribution in [1.29, 1.82) is 0 Å². The number of fused-ring (bicyclic) bond motifs is 1. The van der Waals surface area contributed by atoms with Crippen molar-refractivity contribution in [2.75, 3.05) is 31.6 Å². The fraction of sp³-hybridized carbons (Fsp3) is 0.650. The van der Waals surface area contributed by atoms with Crippen molar-refractivity contribution in [2.45, 2.75) is 51.7 Å². The molecule has 0 saturated heterocycles. The van der Waals surface area contributed by atoms with Gasteiger partial charge in [-0.25, -0.2) is 0 Å². The van der Waals surface area contributed by atoms with Crippen LogP contribution in [-0.4, -0.2) is 48.8 Å². The first-order chi connectivity index (χ1) is 12.1. The van der Waals surface area contributed by atoms with Gasteiger partial charge in [0, 0.05) is 38.3 Å². The van der Waals surface area contributed by atoms with Crippen molar-refractivity contribution in [2.24, 2.45) is 5.92 Å². The zero-order valence-electron chi connectivity index (χ0n) is 15.4. The van der Waals surface area contributed by atoms with E-state index in [0.717, 1.165) is 36.4 Å². The number of β-amino-alcohol motifs (C(OH)–C–C–N with tert-alkyl or cyclic N) is 1. The Kier molecular flexibility index (Phi) is 5.84. The molecule has 1 aliphatic carbocycles. The Bertz CT molecular complexity index is 601. The third-order valence-electron chi connectivity index (χ3n) is 5.17. The first kappa shape index (κ1) is 18.1. The minimum atomic E-state index is -0.364. The Morgan fingerprint density at radius 3 is 2.80 bits per heavy atom. The van der Waals surface area contributed by atoms with Crippen molar-refractivity contribution < 1.29 is 14.6 Å². The van der Waals surface area contributed by atoms with Crippen LogP contribution < -0.4 is 9.64 Å². The number of aliphatic hydroxyl groups is 1. The second-order valence-corrected chi connectivity index (χ2v) is 7.35. The van der Waals surface area contributed by atoms with E-state index in [-0.39, 0.29) is 12.0 Å². The highest BCUT2D eigenvalue weighted by Gasteiger charge is 2.29. The standard InChI is InChI=1S/C20H30N2O3/c1-3-4-17(23)14-21-10-9-20(24)22(12-15-5-6-15)13-16-11-18(25-2)7-8-19(16)21/h7-8,11,15,17,23H,3-6,9-10,12-14H2,1-2H3. The summed E-state index contributed by atoms with van der Waals surface area (Å²) in [5.74, 6) is 1.71. The summed E-state index contributed by atoms with van der Waals surface area (Å²) in [6.07, 6.45) is 4.37. The predicted molar refractivity (Wildman–Crippen MR) is 98.9 cm³/mol. The van der Waals surface area contributed by atoms with E-state index in [2.05, 4.69) is 17.9 Å². The van der Waals surface area contributed by atoms with Gasteiger partial charge < -0.3 is 19.6 Å². The number of hydrogen-bond acceptors (Lipinski definition) is 4. The Balaban J connectivity index is 1.86. The zero-order valence-corrected chi connectivity index (χ0v) is 15.4. The molecule has 0 radical (unpaired) electrons. The number of amides is 1. The number of carbonyl (C=O) groups is 1. The SMILES string of the molecule is CCCC(O)CN1CCC(=O)N(CC2CC2)Cc2cc(OC)ccc21. The van der Waals surface area contributed by atoms with E-state index in [1.807, 2.05) is 17.0 Å². The molecular weight excluding hydrogens is 316 g/mol. The molecule has 1 heterocycles. The molecule has 1 amide bonds. The average Bonchev–Trinajstić information content (AvgIpc) is 3.41. The highest BCUT2D eigenvalue weighted by molar-refractivity contribution is 5.78. The van der Waals surface area contributed by atoms with E-state index in [9.17, 15) is 9.90 Å². The molecular formula is C20H30N2O3. The fourth-order valence-electron chi connectivity index (χ4n) is 3.57. The molecule has 138 valence electrons. The summed E-state index contributed by atoms with van der Waals surface area (Å²) in [6.45, 7) is 4.80. The number of carbonyl (C=O) groups excluding carboxylic acids is 1. The molecule has 1 aromatic carbocycles. The number of hydrogen-bond donors (Lipinski definition) is 1. The van der Waals surface area contributed by atoms with Crippen molar-refractivity contribution in [1.82, 2.24) is 4.90 Å². The Morgan fingerprint density at radius 1 is 1.32 bits per heavy atom. The van der Waals surface area contributed by atoms with Crippen LogP contribution in [0.25, 0.3) is 0 Å². The van der Waals surface area contributed by atoms with Gasteiger partial charge >= 0.3 is 0 Å². The van der Waals surface area contributed by atoms with Gasteiger partial charge in [-0.3, -0.25) is 4.79 Å². The predicted octanol–water partition coefficient (Wildman–Crippen LogP) is 2.80. The maximum Gasteiger partial charge on any atom is 0.224 e. The summed E-state index contributed by atoms with van der Waals surface area (Å²) in [5, 5.41) is 10.3. The van der Waals surface area contributed by atoms with Gasteiger partial charge in [0.05, 0.1) is 13.2 Å². The third-order valence-corrected chi connectivity index (χ3v) is 5.17. The van der Waals surface area contributed by atoms with Crippen LogP contribution in [0, 0.1) is 5.92 Å². The van der Waals surface area contributed by atoms with Gasteiger partial charge in [0.15, 0.2) is 0 Å². The van der Waals surface area contributed by atoms with Crippen molar-refractivity contribution in [3.05, 3.63) is 23.8 Å². The van der Waals surface area contributed by atoms with Gasteiger partial charge in [-0.2, -0.15) is 0 Å². The molecule has 5 nitrogen and oxygen atoms in total. The first-order valence-electron chi connectivity index (χ1n) is 9.48. The molecule has 1 atom stereocenters. The topological polar surface area (TPSA) is 53.0 Å². The van der Waals surface area contributed by atoms with Gasteiger partial charge in [0.1, 0.15) is 5.75 Å². The van der Waals surface area contributed by atoms with E-state index in [0.29, 0.717) is 32.0 Å². The van der Waals surface area contributed by atoms with Crippen LogP contribution in [0.3, 0.4) is 0 Å². The summed E-state index contributed by atoms with van der Waals surface area (Å²) in [6, 6.07) is 6.07. The van der Waals surface area contributed by atoms with Gasteiger partial charge in [-0.1, -0.05) is 13.3 Å². The quantitative estimate of drug-likeness (QED) is 0.825. The first-order valence-corrected chi connectivity index (χ1v) is 9.48. The highest BCUT2D eigenvalue weighted by atomic mass is 16.5. The van der Waals surface area contributed by atoms with E-state index in [1.54, 1.807) is 7.11 Å². The van der Waals surface area contributed by atoms with E-state index < -0.39 is 0 Å².